The Morgan fingerprint density at radius 1 is 1.22 bits per heavy atom. The maximum absolute atomic E-state index is 13.6. The molecule has 2 aromatic carbocycles. The molecule has 0 bridgehead atoms. The number of esters is 1. The van der Waals surface area contributed by atoms with Gasteiger partial charge in [0.25, 0.3) is 0 Å². The van der Waals surface area contributed by atoms with Crippen molar-refractivity contribution in [1.82, 2.24) is 14.6 Å². The topological polar surface area (TPSA) is 114 Å². The van der Waals surface area contributed by atoms with Gasteiger partial charge in [0.1, 0.15) is 0 Å². The van der Waals surface area contributed by atoms with E-state index in [1.54, 1.807) is 32.2 Å². The molecular weight excluding hydrogens is 495 g/mol. The number of benzene rings is 2. The summed E-state index contributed by atoms with van der Waals surface area (Å²) in [6.45, 7) is 1.63. The van der Waals surface area contributed by atoms with Crippen molar-refractivity contribution in [3.63, 3.8) is 0 Å². The van der Waals surface area contributed by atoms with Gasteiger partial charge < -0.3 is 24.8 Å². The summed E-state index contributed by atoms with van der Waals surface area (Å²) in [5, 5.41) is 24.9. The molecule has 2 atom stereocenters. The highest BCUT2D eigenvalue weighted by molar-refractivity contribution is 5.91. The van der Waals surface area contributed by atoms with Gasteiger partial charge in [-0.2, -0.15) is 13.2 Å². The highest BCUT2D eigenvalue weighted by Gasteiger charge is 2.45. The fraction of sp³-hybridized carbons (Fsp3) is 0.333. The predicted molar refractivity (Wildman–Crippen MR) is 127 cm³/mol. The normalized spacial score (nSPS) is 20.4. The van der Waals surface area contributed by atoms with Crippen molar-refractivity contribution < 1.29 is 32.9 Å². The van der Waals surface area contributed by atoms with Crippen LogP contribution in [0.15, 0.2) is 53.0 Å². The molecule has 196 valence electrons. The first-order chi connectivity index (χ1) is 17.5. The molecule has 0 saturated carbocycles. The van der Waals surface area contributed by atoms with Gasteiger partial charge in [-0.25, -0.2) is 9.59 Å². The molecule has 3 heterocycles. The van der Waals surface area contributed by atoms with E-state index in [0.717, 1.165) is 11.1 Å². The summed E-state index contributed by atoms with van der Waals surface area (Å²) < 4.78 is 47.4. The number of nitrogens with one attached hydrogen (secondary N) is 1. The molecule has 3 N–H and O–H groups in total. The molecule has 13 heteroatoms. The van der Waals surface area contributed by atoms with Crippen LogP contribution in [0.3, 0.4) is 0 Å². The second-order valence-electron chi connectivity index (χ2n) is 8.68. The quantitative estimate of drug-likeness (QED) is 0.449. The number of aromatic nitrogens is 2. The molecule has 0 aliphatic carbocycles. The molecule has 0 saturated heterocycles. The van der Waals surface area contributed by atoms with E-state index in [4.69, 9.17) is 4.74 Å². The van der Waals surface area contributed by atoms with E-state index in [2.05, 4.69) is 4.98 Å². The Labute approximate surface area is 208 Å². The monoisotopic (exact) mass is 519 g/mol. The van der Waals surface area contributed by atoms with Crippen LogP contribution in [0.2, 0.25) is 0 Å². The summed E-state index contributed by atoms with van der Waals surface area (Å²) in [4.78, 5) is 28.7. The van der Waals surface area contributed by atoms with Crippen LogP contribution >= 0.6 is 0 Å². The van der Waals surface area contributed by atoms with E-state index >= 15 is 0 Å². The molecule has 3 aromatic rings. The number of nitrogens with zero attached hydrogens (tertiary/aromatic N) is 4. The van der Waals surface area contributed by atoms with E-state index in [-0.39, 0.29) is 42.1 Å². The third-order valence-corrected chi connectivity index (χ3v) is 6.58. The lowest BCUT2D eigenvalue weighted by Gasteiger charge is -2.47. The van der Waals surface area contributed by atoms with Crippen LogP contribution in [0.1, 0.15) is 18.1 Å². The van der Waals surface area contributed by atoms with Crippen molar-refractivity contribution in [3.05, 3.63) is 69.8 Å². The zero-order chi connectivity index (χ0) is 26.6. The standard InChI is InChI=1S/C24H24F3N5O5/c1-3-37-21(34)15-12-30(13-7-8-19-17(11-13)28-22(35)29(19)2)23(36)32(20(15)33)31-10-9-14-16(24(25,26)27)5-4-6-18(14)31/h4-8,11-12,20,23,33,36H,3,9-10H2,1-2H3,(H,28,35). The van der Waals surface area contributed by atoms with Crippen molar-refractivity contribution in [2.45, 2.75) is 32.1 Å². The number of aromatic amines is 1. The van der Waals surface area contributed by atoms with E-state index < -0.39 is 30.3 Å². The number of aliphatic hydroxyl groups is 2. The number of fused-ring (bicyclic) bond motifs is 2. The van der Waals surface area contributed by atoms with Gasteiger partial charge in [0.15, 0.2) is 6.23 Å². The second-order valence-corrected chi connectivity index (χ2v) is 8.68. The maximum atomic E-state index is 13.6. The highest BCUT2D eigenvalue weighted by Crippen LogP contribution is 2.42. The number of H-pyrrole nitrogens is 1. The minimum absolute atomic E-state index is 0.0105. The summed E-state index contributed by atoms with van der Waals surface area (Å²) in [7, 11) is 1.59. The Morgan fingerprint density at radius 3 is 2.68 bits per heavy atom. The molecular formula is C24H24F3N5O5. The summed E-state index contributed by atoms with van der Waals surface area (Å²) in [5.41, 5.74) is 0.211. The molecule has 2 unspecified atom stereocenters. The second kappa shape index (κ2) is 8.94. The van der Waals surface area contributed by atoms with Gasteiger partial charge >= 0.3 is 17.8 Å². The van der Waals surface area contributed by atoms with Crippen LogP contribution in [-0.2, 0) is 29.2 Å². The molecule has 10 nitrogen and oxygen atoms in total. The zero-order valence-corrected chi connectivity index (χ0v) is 19.9. The number of hydrogen-bond acceptors (Lipinski definition) is 8. The first kappa shape index (κ1) is 24.9. The number of carbonyl (C=O) groups is 1. The van der Waals surface area contributed by atoms with E-state index in [1.807, 2.05) is 0 Å². The number of carbonyl (C=O) groups excluding carboxylic acids is 1. The largest absolute Gasteiger partial charge is 0.462 e. The number of alkyl halides is 3. The highest BCUT2D eigenvalue weighted by atomic mass is 19.4. The minimum Gasteiger partial charge on any atom is -0.462 e. The number of rotatable bonds is 4. The Morgan fingerprint density at radius 2 is 1.97 bits per heavy atom. The number of ether oxygens (including phenoxy) is 1. The number of halogens is 3. The number of imidazole rings is 1. The number of aryl methyl sites for hydroxylation is 1. The summed E-state index contributed by atoms with van der Waals surface area (Å²) in [6, 6.07) is 8.52. The van der Waals surface area contributed by atoms with Gasteiger partial charge in [-0.1, -0.05) is 6.07 Å². The predicted octanol–water partition coefficient (Wildman–Crippen LogP) is 2.03. The fourth-order valence-corrected chi connectivity index (χ4v) is 4.83. The zero-order valence-electron chi connectivity index (χ0n) is 19.9. The van der Waals surface area contributed by atoms with Gasteiger partial charge in [-0.15, -0.1) is 5.01 Å². The van der Waals surface area contributed by atoms with Crippen LogP contribution in [-0.4, -0.2) is 56.5 Å². The number of hydrogen-bond donors (Lipinski definition) is 3. The van der Waals surface area contributed by atoms with E-state index in [0.29, 0.717) is 16.7 Å². The van der Waals surface area contributed by atoms with Gasteiger partial charge in [0.2, 0.25) is 6.35 Å². The SMILES string of the molecule is CCOC(=O)C1=CN(c2ccc3c(c2)[nH]c(=O)n3C)C(O)N(N2CCc3c2cccc3C(F)(F)F)C1O. The molecule has 2 aliphatic heterocycles. The number of anilines is 2. The Kier molecular flexibility index (Phi) is 6.01. The van der Waals surface area contributed by atoms with Crippen molar-refractivity contribution in [2.24, 2.45) is 7.05 Å². The molecule has 37 heavy (non-hydrogen) atoms. The molecule has 0 spiro atoms. The van der Waals surface area contributed by atoms with Crippen molar-refractivity contribution in [1.29, 1.82) is 0 Å². The smallest absolute Gasteiger partial charge is 0.416 e. The minimum atomic E-state index is -4.58. The van der Waals surface area contributed by atoms with Gasteiger partial charge in [-0.05, 0) is 49.2 Å². The fourth-order valence-electron chi connectivity index (χ4n) is 4.83. The maximum Gasteiger partial charge on any atom is 0.416 e. The van der Waals surface area contributed by atoms with Crippen molar-refractivity contribution in [2.75, 3.05) is 23.1 Å². The molecule has 0 amide bonds. The van der Waals surface area contributed by atoms with E-state index in [1.165, 1.54) is 32.8 Å². The Hall–Kier alpha value is -3.81. The first-order valence-electron chi connectivity index (χ1n) is 11.5. The third-order valence-electron chi connectivity index (χ3n) is 6.58. The third kappa shape index (κ3) is 4.04. The first-order valence-corrected chi connectivity index (χ1v) is 11.5. The number of aliphatic hydroxyl groups excluding tert-OH is 2. The van der Waals surface area contributed by atoms with Crippen LogP contribution < -0.4 is 15.6 Å². The van der Waals surface area contributed by atoms with Crippen LogP contribution in [0.4, 0.5) is 24.5 Å². The summed E-state index contributed by atoms with van der Waals surface area (Å²) in [6.07, 6.45) is -6.68. The van der Waals surface area contributed by atoms with Gasteiger partial charge in [0, 0.05) is 25.5 Å². The van der Waals surface area contributed by atoms with Crippen LogP contribution in [0.5, 0.6) is 0 Å². The molecule has 0 fully saturated rings. The average molecular weight is 519 g/mol. The molecule has 5 rings (SSSR count). The summed E-state index contributed by atoms with van der Waals surface area (Å²) >= 11 is 0. The van der Waals surface area contributed by atoms with Crippen molar-refractivity contribution in [3.8, 4) is 0 Å². The van der Waals surface area contributed by atoms with Gasteiger partial charge in [-0.3, -0.25) is 9.58 Å². The average Bonchev–Trinajstić information content (AvgIpc) is 3.39. The lowest BCUT2D eigenvalue weighted by atomic mass is 10.0. The molecule has 2 aliphatic rings. The Bertz CT molecular complexity index is 1460. The van der Waals surface area contributed by atoms with Gasteiger partial charge in [0.05, 0.1) is 34.5 Å². The molecule has 0 radical (unpaired) electrons. The van der Waals surface area contributed by atoms with Crippen LogP contribution in [0.25, 0.3) is 11.0 Å². The Balaban J connectivity index is 1.61. The van der Waals surface area contributed by atoms with Crippen LogP contribution in [0, 0.1) is 0 Å². The van der Waals surface area contributed by atoms with Crippen molar-refractivity contribution >= 4 is 28.4 Å². The van der Waals surface area contributed by atoms with E-state index in [9.17, 15) is 33.0 Å². The molecule has 1 aromatic heterocycles. The lowest BCUT2D eigenvalue weighted by molar-refractivity contribution is -0.146. The lowest BCUT2D eigenvalue weighted by Crippen LogP contribution is -2.63. The summed E-state index contributed by atoms with van der Waals surface area (Å²) in [5.74, 6) is -0.852. The number of hydrazine groups is 1.